The highest BCUT2D eigenvalue weighted by molar-refractivity contribution is 5.74. The summed E-state index contributed by atoms with van der Waals surface area (Å²) in [6.07, 6.45) is 4.51. The lowest BCUT2D eigenvalue weighted by atomic mass is 9.89. The van der Waals surface area contributed by atoms with Gasteiger partial charge in [0, 0.05) is 11.5 Å². The molecule has 0 aliphatic heterocycles. The third kappa shape index (κ3) is 4.72. The van der Waals surface area contributed by atoms with Crippen molar-refractivity contribution in [3.63, 3.8) is 0 Å². The van der Waals surface area contributed by atoms with Gasteiger partial charge < -0.3 is 9.53 Å². The van der Waals surface area contributed by atoms with Gasteiger partial charge in [0.05, 0.1) is 6.61 Å². The van der Waals surface area contributed by atoms with Gasteiger partial charge in [-0.25, -0.2) is 0 Å². The van der Waals surface area contributed by atoms with Crippen molar-refractivity contribution in [2.24, 2.45) is 11.8 Å². The second-order valence-electron chi connectivity index (χ2n) is 7.75. The van der Waals surface area contributed by atoms with E-state index in [1.54, 1.807) is 0 Å². The molecule has 1 saturated carbocycles. The maximum absolute atomic E-state index is 11.6. The number of rotatable bonds is 8. The number of hydrogen-bond donors (Lipinski definition) is 0. The lowest BCUT2D eigenvalue weighted by Crippen LogP contribution is -2.06. The normalized spacial score (nSPS) is 15.2. The van der Waals surface area contributed by atoms with Gasteiger partial charge in [0.1, 0.15) is 12.0 Å². The minimum absolute atomic E-state index is 0.0546. The number of hydrogen-bond acceptors (Lipinski definition) is 2. The Balaban J connectivity index is 1.96. The van der Waals surface area contributed by atoms with Gasteiger partial charge in [-0.2, -0.15) is 0 Å². The summed E-state index contributed by atoms with van der Waals surface area (Å²) in [5.74, 6) is 2.08. The molecule has 0 bridgehead atoms. The van der Waals surface area contributed by atoms with E-state index in [4.69, 9.17) is 4.74 Å². The molecule has 3 rings (SSSR count). The largest absolute Gasteiger partial charge is 0.493 e. The maximum atomic E-state index is 11.6. The first-order valence-electron chi connectivity index (χ1n) is 9.36. The van der Waals surface area contributed by atoms with Crippen LogP contribution in [0.25, 0.3) is 11.1 Å². The van der Waals surface area contributed by atoms with Gasteiger partial charge in [0.15, 0.2) is 0 Å². The second kappa shape index (κ2) is 7.86. The number of carbonyl (C=O) groups is 1. The molecule has 0 amide bonds. The number of aryl methyl sites for hydroxylation is 1. The quantitative estimate of drug-likeness (QED) is 0.571. The molecule has 0 saturated heterocycles. The number of benzene rings is 2. The minimum atomic E-state index is -0.0546. The van der Waals surface area contributed by atoms with Crippen LogP contribution in [0.1, 0.15) is 50.2 Å². The van der Waals surface area contributed by atoms with Crippen LogP contribution < -0.4 is 4.74 Å². The van der Waals surface area contributed by atoms with Crippen LogP contribution >= 0.6 is 0 Å². The molecule has 25 heavy (non-hydrogen) atoms. The van der Waals surface area contributed by atoms with Gasteiger partial charge in [-0.15, -0.1) is 0 Å². The Bertz CT molecular complexity index is 729. The summed E-state index contributed by atoms with van der Waals surface area (Å²) >= 11 is 0. The van der Waals surface area contributed by atoms with E-state index in [-0.39, 0.29) is 5.92 Å². The van der Waals surface area contributed by atoms with Crippen molar-refractivity contribution >= 4 is 6.29 Å². The van der Waals surface area contributed by atoms with Crippen molar-refractivity contribution in [2.75, 3.05) is 6.61 Å². The Morgan fingerprint density at radius 2 is 1.96 bits per heavy atom. The fourth-order valence-electron chi connectivity index (χ4n) is 3.21. The Kier molecular flexibility index (Phi) is 5.57. The molecule has 2 nitrogen and oxygen atoms in total. The van der Waals surface area contributed by atoms with E-state index in [1.807, 2.05) is 6.07 Å². The molecular weight excluding hydrogens is 308 g/mol. The topological polar surface area (TPSA) is 26.3 Å². The first-order valence-corrected chi connectivity index (χ1v) is 9.36. The Morgan fingerprint density at radius 1 is 1.16 bits per heavy atom. The summed E-state index contributed by atoms with van der Waals surface area (Å²) in [4.78, 5) is 11.6. The summed E-state index contributed by atoms with van der Waals surface area (Å²) < 4.78 is 6.12. The lowest BCUT2D eigenvalue weighted by molar-refractivity contribution is -0.109. The summed E-state index contributed by atoms with van der Waals surface area (Å²) in [6, 6.07) is 14.7. The highest BCUT2D eigenvalue weighted by Gasteiger charge is 2.23. The molecule has 1 aliphatic carbocycles. The third-order valence-electron chi connectivity index (χ3n) is 4.82. The van der Waals surface area contributed by atoms with Crippen LogP contribution in [-0.4, -0.2) is 12.9 Å². The molecule has 1 aliphatic rings. The van der Waals surface area contributed by atoms with Crippen LogP contribution in [0.2, 0.25) is 0 Å². The number of carbonyl (C=O) groups excluding carboxylic acids is 1. The highest BCUT2D eigenvalue weighted by atomic mass is 16.5. The molecule has 1 fully saturated rings. The number of ether oxygens (including phenoxy) is 1. The summed E-state index contributed by atoms with van der Waals surface area (Å²) in [5, 5.41) is 0. The predicted molar refractivity (Wildman–Crippen MR) is 103 cm³/mol. The van der Waals surface area contributed by atoms with E-state index in [2.05, 4.69) is 57.2 Å². The van der Waals surface area contributed by atoms with Gasteiger partial charge in [0.2, 0.25) is 0 Å². The van der Waals surface area contributed by atoms with Crippen LogP contribution in [0.3, 0.4) is 0 Å². The monoisotopic (exact) mass is 336 g/mol. The summed E-state index contributed by atoms with van der Waals surface area (Å²) in [6.45, 7) is 7.21. The van der Waals surface area contributed by atoms with Crippen LogP contribution in [0.15, 0.2) is 42.5 Å². The van der Waals surface area contributed by atoms with Gasteiger partial charge in [0.25, 0.3) is 0 Å². The van der Waals surface area contributed by atoms with Crippen LogP contribution in [0.4, 0.5) is 0 Å². The molecule has 2 heteroatoms. The zero-order valence-electron chi connectivity index (χ0n) is 15.5. The third-order valence-corrected chi connectivity index (χ3v) is 4.82. The van der Waals surface area contributed by atoms with Gasteiger partial charge in [-0.3, -0.25) is 0 Å². The van der Waals surface area contributed by atoms with Crippen LogP contribution in [-0.2, 0) is 4.79 Å². The van der Waals surface area contributed by atoms with E-state index in [0.717, 1.165) is 41.8 Å². The van der Waals surface area contributed by atoms with Crippen LogP contribution in [0.5, 0.6) is 5.75 Å². The fraction of sp³-hybridized carbons (Fsp3) is 0.435. The SMILES string of the molecule is Cc1cccc(-c2cc(C(C=O)CC(C)C)ccc2OCC2CC2)c1. The van der Waals surface area contributed by atoms with Crippen molar-refractivity contribution in [1.82, 2.24) is 0 Å². The Morgan fingerprint density at radius 3 is 2.60 bits per heavy atom. The molecule has 2 aromatic rings. The first-order chi connectivity index (χ1) is 12.1. The smallest absolute Gasteiger partial charge is 0.127 e. The molecule has 0 heterocycles. The predicted octanol–water partition coefficient (Wildman–Crippen LogP) is 5.78. The van der Waals surface area contributed by atoms with E-state index in [9.17, 15) is 4.79 Å². The average Bonchev–Trinajstić information content (AvgIpc) is 3.42. The van der Waals surface area contributed by atoms with Gasteiger partial charge >= 0.3 is 0 Å². The maximum Gasteiger partial charge on any atom is 0.127 e. The van der Waals surface area contributed by atoms with E-state index < -0.39 is 0 Å². The molecule has 0 aromatic heterocycles. The zero-order chi connectivity index (χ0) is 17.8. The molecule has 132 valence electrons. The van der Waals surface area contributed by atoms with Crippen molar-refractivity contribution in [3.05, 3.63) is 53.6 Å². The lowest BCUT2D eigenvalue weighted by Gasteiger charge is -2.18. The molecule has 0 radical (unpaired) electrons. The Hall–Kier alpha value is -2.09. The minimum Gasteiger partial charge on any atom is -0.493 e. The average molecular weight is 336 g/mol. The highest BCUT2D eigenvalue weighted by Crippen LogP contribution is 2.36. The number of aldehydes is 1. The van der Waals surface area contributed by atoms with Gasteiger partial charge in [-0.1, -0.05) is 49.7 Å². The van der Waals surface area contributed by atoms with E-state index >= 15 is 0 Å². The van der Waals surface area contributed by atoms with E-state index in [0.29, 0.717) is 11.8 Å². The first kappa shape index (κ1) is 17.7. The molecule has 1 unspecified atom stereocenters. The van der Waals surface area contributed by atoms with Gasteiger partial charge in [-0.05, 0) is 61.3 Å². The molecule has 0 spiro atoms. The van der Waals surface area contributed by atoms with Crippen molar-refractivity contribution < 1.29 is 9.53 Å². The van der Waals surface area contributed by atoms with Crippen molar-refractivity contribution in [1.29, 1.82) is 0 Å². The molecule has 2 aromatic carbocycles. The van der Waals surface area contributed by atoms with Crippen molar-refractivity contribution in [3.8, 4) is 16.9 Å². The molecule has 0 N–H and O–H groups in total. The summed E-state index contributed by atoms with van der Waals surface area (Å²) in [7, 11) is 0. The van der Waals surface area contributed by atoms with Crippen LogP contribution in [0, 0.1) is 18.8 Å². The fourth-order valence-corrected chi connectivity index (χ4v) is 3.21. The van der Waals surface area contributed by atoms with Crippen molar-refractivity contribution in [2.45, 2.75) is 46.0 Å². The molecule has 1 atom stereocenters. The second-order valence-corrected chi connectivity index (χ2v) is 7.75. The zero-order valence-corrected chi connectivity index (χ0v) is 15.5. The standard InChI is InChI=1S/C23H28O2/c1-16(2)11-21(14-24)19-9-10-23(25-15-18-7-8-18)22(13-19)20-6-4-5-17(3)12-20/h4-6,9-10,12-14,16,18,21H,7-8,11,15H2,1-3H3. The Labute approximate surface area is 151 Å². The van der Waals surface area contributed by atoms with E-state index in [1.165, 1.54) is 18.4 Å². The molecular formula is C23H28O2. The summed E-state index contributed by atoms with van der Waals surface area (Å²) in [5.41, 5.74) is 4.56.